The molecule has 1 aliphatic heterocycles. The number of benzene rings is 2. The van der Waals surface area contributed by atoms with Crippen molar-refractivity contribution in [1.82, 2.24) is 9.80 Å². The van der Waals surface area contributed by atoms with Gasteiger partial charge in [-0.25, -0.2) is 4.39 Å². The van der Waals surface area contributed by atoms with Crippen LogP contribution in [0.1, 0.15) is 32.4 Å². The number of nitrogens with zero attached hydrogens (tertiary/aromatic N) is 2. The van der Waals surface area contributed by atoms with Gasteiger partial charge in [-0.1, -0.05) is 18.2 Å². The van der Waals surface area contributed by atoms with Crippen molar-refractivity contribution in [3.8, 4) is 5.75 Å². The number of halogens is 1. The molecule has 2 heterocycles. The summed E-state index contributed by atoms with van der Waals surface area (Å²) < 4.78 is 24.7. The van der Waals surface area contributed by atoms with Crippen molar-refractivity contribution >= 4 is 23.2 Å². The number of para-hydroxylation sites is 1. The van der Waals surface area contributed by atoms with Gasteiger partial charge in [0.25, 0.3) is 5.91 Å². The molecule has 2 amide bonds. The topological polar surface area (TPSA) is 59.1 Å². The van der Waals surface area contributed by atoms with E-state index in [0.29, 0.717) is 18.7 Å². The van der Waals surface area contributed by atoms with E-state index in [2.05, 4.69) is 6.07 Å². The van der Waals surface area contributed by atoms with E-state index in [-0.39, 0.29) is 37.6 Å². The predicted molar refractivity (Wildman–Crippen MR) is 133 cm³/mol. The van der Waals surface area contributed by atoms with Gasteiger partial charge in [-0.15, -0.1) is 11.3 Å². The zero-order valence-corrected chi connectivity index (χ0v) is 20.7. The summed E-state index contributed by atoms with van der Waals surface area (Å²) >= 11 is 1.69. The van der Waals surface area contributed by atoms with Crippen LogP contribution in [0.3, 0.4) is 0 Å². The van der Waals surface area contributed by atoms with E-state index >= 15 is 0 Å². The van der Waals surface area contributed by atoms with Gasteiger partial charge in [0.05, 0.1) is 12.6 Å². The van der Waals surface area contributed by atoms with Gasteiger partial charge in [0, 0.05) is 30.6 Å². The second-order valence-corrected chi connectivity index (χ2v) is 9.46. The van der Waals surface area contributed by atoms with Crippen LogP contribution >= 0.6 is 11.3 Å². The molecule has 0 fully saturated rings. The van der Waals surface area contributed by atoms with Crippen molar-refractivity contribution in [2.75, 3.05) is 40.0 Å². The van der Waals surface area contributed by atoms with Crippen molar-refractivity contribution < 1.29 is 23.5 Å². The Hall–Kier alpha value is -3.23. The Balaban J connectivity index is 1.53. The van der Waals surface area contributed by atoms with Gasteiger partial charge < -0.3 is 19.3 Å². The van der Waals surface area contributed by atoms with Gasteiger partial charge in [0.15, 0.2) is 0 Å². The standard InChI is InChI=1S/C27H29FN2O4S/c1-19-5-3-4-6-24(19)34-18-23-22-12-16-35-25(22)11-13-30(23)26(31)17-29(14-15-33-2)27(32)20-7-9-21(28)10-8-20/h3-10,12,16,23H,11,13-15,17-18H2,1-2H3. The zero-order chi connectivity index (χ0) is 24.8. The number of thiophene rings is 1. The van der Waals surface area contributed by atoms with Crippen molar-refractivity contribution in [2.45, 2.75) is 19.4 Å². The molecule has 0 saturated carbocycles. The zero-order valence-electron chi connectivity index (χ0n) is 19.9. The molecule has 1 unspecified atom stereocenters. The highest BCUT2D eigenvalue weighted by atomic mass is 32.1. The molecule has 0 saturated heterocycles. The summed E-state index contributed by atoms with van der Waals surface area (Å²) in [5.41, 5.74) is 2.45. The quantitative estimate of drug-likeness (QED) is 0.438. The molecule has 3 aromatic rings. The summed E-state index contributed by atoms with van der Waals surface area (Å²) in [6, 6.07) is 14.9. The first-order chi connectivity index (χ1) is 17.0. The summed E-state index contributed by atoms with van der Waals surface area (Å²) in [7, 11) is 1.55. The third-order valence-corrected chi connectivity index (χ3v) is 7.17. The lowest BCUT2D eigenvalue weighted by Crippen LogP contribution is -2.48. The third kappa shape index (κ3) is 5.89. The average molecular weight is 497 g/mol. The maximum atomic E-state index is 13.6. The van der Waals surface area contributed by atoms with E-state index in [1.54, 1.807) is 18.4 Å². The van der Waals surface area contributed by atoms with Crippen LogP contribution in [0.4, 0.5) is 4.39 Å². The number of fused-ring (bicyclic) bond motifs is 1. The number of ether oxygens (including phenoxy) is 2. The second kappa shape index (κ2) is 11.5. The van der Waals surface area contributed by atoms with Crippen molar-refractivity contribution in [3.05, 3.63) is 87.4 Å². The Bertz CT molecular complexity index is 1160. The smallest absolute Gasteiger partial charge is 0.254 e. The van der Waals surface area contributed by atoms with Crippen LogP contribution in [0.15, 0.2) is 60.0 Å². The van der Waals surface area contributed by atoms with Crippen molar-refractivity contribution in [1.29, 1.82) is 0 Å². The molecule has 6 nitrogen and oxygen atoms in total. The van der Waals surface area contributed by atoms with Crippen LogP contribution in [-0.4, -0.2) is 61.6 Å². The Morgan fingerprint density at radius 2 is 1.91 bits per heavy atom. The predicted octanol–water partition coefficient (Wildman–Crippen LogP) is 4.49. The molecule has 0 N–H and O–H groups in total. The fourth-order valence-corrected chi connectivity index (χ4v) is 5.17. The summed E-state index contributed by atoms with van der Waals surface area (Å²) in [6.07, 6.45) is 0.767. The molecule has 8 heteroatoms. The lowest BCUT2D eigenvalue weighted by molar-refractivity contribution is -0.135. The Morgan fingerprint density at radius 3 is 2.66 bits per heavy atom. The number of hydrogen-bond donors (Lipinski definition) is 0. The molecular formula is C27H29FN2O4S. The highest BCUT2D eigenvalue weighted by Crippen LogP contribution is 2.34. The normalized spacial score (nSPS) is 14.9. The number of amides is 2. The van der Waals surface area contributed by atoms with E-state index in [1.165, 1.54) is 34.0 Å². The van der Waals surface area contributed by atoms with Gasteiger partial charge in [-0.3, -0.25) is 9.59 Å². The Labute approximate surface area is 208 Å². The molecular weight excluding hydrogens is 467 g/mol. The third-order valence-electron chi connectivity index (χ3n) is 6.18. The number of hydrogen-bond acceptors (Lipinski definition) is 5. The SMILES string of the molecule is COCCN(CC(=O)N1CCc2sccc2C1COc1ccccc1C)C(=O)c1ccc(F)cc1. The van der Waals surface area contributed by atoms with E-state index in [4.69, 9.17) is 9.47 Å². The summed E-state index contributed by atoms with van der Waals surface area (Å²) in [5.74, 6) is -0.129. The minimum Gasteiger partial charge on any atom is -0.491 e. The molecule has 0 spiro atoms. The second-order valence-electron chi connectivity index (χ2n) is 8.45. The van der Waals surface area contributed by atoms with Gasteiger partial charge >= 0.3 is 0 Å². The molecule has 184 valence electrons. The van der Waals surface area contributed by atoms with Gasteiger partial charge in [0.1, 0.15) is 24.7 Å². The van der Waals surface area contributed by atoms with E-state index in [9.17, 15) is 14.0 Å². The molecule has 2 aromatic carbocycles. The lowest BCUT2D eigenvalue weighted by atomic mass is 10.00. The Kier molecular flexibility index (Phi) is 8.15. The molecule has 4 rings (SSSR count). The van der Waals surface area contributed by atoms with Crippen molar-refractivity contribution in [2.24, 2.45) is 0 Å². The van der Waals surface area contributed by atoms with Crippen LogP contribution in [0.25, 0.3) is 0 Å². The summed E-state index contributed by atoms with van der Waals surface area (Å²) in [5, 5.41) is 2.04. The number of carbonyl (C=O) groups is 2. The number of methoxy groups -OCH3 is 1. The highest BCUT2D eigenvalue weighted by molar-refractivity contribution is 7.10. The van der Waals surface area contributed by atoms with Crippen LogP contribution in [0.2, 0.25) is 0 Å². The van der Waals surface area contributed by atoms with Crippen LogP contribution in [-0.2, 0) is 16.0 Å². The van der Waals surface area contributed by atoms with Gasteiger partial charge in [-0.2, -0.15) is 0 Å². The minimum atomic E-state index is -0.419. The van der Waals surface area contributed by atoms with E-state index in [1.807, 2.05) is 41.5 Å². The minimum absolute atomic E-state index is 0.0973. The number of rotatable bonds is 9. The molecule has 1 atom stereocenters. The fourth-order valence-electron chi connectivity index (χ4n) is 4.24. The summed E-state index contributed by atoms with van der Waals surface area (Å²) in [6.45, 7) is 3.31. The van der Waals surface area contributed by atoms with Crippen LogP contribution < -0.4 is 4.74 Å². The average Bonchev–Trinajstić information content (AvgIpc) is 3.35. The lowest BCUT2D eigenvalue weighted by Gasteiger charge is -2.37. The maximum Gasteiger partial charge on any atom is 0.254 e. The molecule has 0 radical (unpaired) electrons. The monoisotopic (exact) mass is 496 g/mol. The number of aryl methyl sites for hydroxylation is 1. The van der Waals surface area contributed by atoms with E-state index < -0.39 is 5.82 Å². The highest BCUT2D eigenvalue weighted by Gasteiger charge is 2.33. The fraction of sp³-hybridized carbons (Fsp3) is 0.333. The Morgan fingerprint density at radius 1 is 1.14 bits per heavy atom. The molecule has 1 aromatic heterocycles. The maximum absolute atomic E-state index is 13.6. The van der Waals surface area contributed by atoms with Gasteiger partial charge in [0.2, 0.25) is 5.91 Å². The first-order valence-electron chi connectivity index (χ1n) is 11.6. The number of carbonyl (C=O) groups excluding carboxylic acids is 2. The molecule has 35 heavy (non-hydrogen) atoms. The van der Waals surface area contributed by atoms with Crippen LogP contribution in [0.5, 0.6) is 5.75 Å². The first kappa shape index (κ1) is 24.9. The van der Waals surface area contributed by atoms with E-state index in [0.717, 1.165) is 23.3 Å². The van der Waals surface area contributed by atoms with Crippen LogP contribution in [0, 0.1) is 12.7 Å². The summed E-state index contributed by atoms with van der Waals surface area (Å²) in [4.78, 5) is 31.2. The molecule has 1 aliphatic rings. The first-order valence-corrected chi connectivity index (χ1v) is 12.4. The molecule has 0 aliphatic carbocycles. The van der Waals surface area contributed by atoms with Gasteiger partial charge in [-0.05, 0) is 66.2 Å². The van der Waals surface area contributed by atoms with Crippen molar-refractivity contribution in [3.63, 3.8) is 0 Å². The molecule has 0 bridgehead atoms. The largest absolute Gasteiger partial charge is 0.491 e.